The smallest absolute Gasteiger partial charge is 0.341 e. The average Bonchev–Trinajstić information content (AvgIpc) is 3.29. The van der Waals surface area contributed by atoms with Crippen LogP contribution < -0.4 is 20.8 Å². The number of hydrogen-bond donors (Lipinski definition) is 2. The molecule has 1 aromatic carbocycles. The molecule has 1 aromatic heterocycles. The summed E-state index contributed by atoms with van der Waals surface area (Å²) in [6.45, 7) is 4.71. The van der Waals surface area contributed by atoms with E-state index in [1.54, 1.807) is 4.90 Å². The highest BCUT2D eigenvalue weighted by molar-refractivity contribution is 5.97. The molecule has 2 unspecified atom stereocenters. The summed E-state index contributed by atoms with van der Waals surface area (Å²) >= 11 is 0. The predicted octanol–water partition coefficient (Wildman–Crippen LogP) is 2.30. The van der Waals surface area contributed by atoms with Gasteiger partial charge in [-0.05, 0) is 18.9 Å². The Hall–Kier alpha value is -2.68. The van der Waals surface area contributed by atoms with Crippen LogP contribution in [0.1, 0.15) is 36.7 Å². The van der Waals surface area contributed by atoms with E-state index in [1.807, 2.05) is 13.8 Å². The molecule has 156 valence electrons. The Morgan fingerprint density at radius 3 is 2.59 bits per heavy atom. The molecule has 3 N–H and O–H groups in total. The molecule has 4 atom stereocenters. The van der Waals surface area contributed by atoms with Gasteiger partial charge in [-0.1, -0.05) is 6.92 Å². The molecule has 1 aliphatic heterocycles. The minimum absolute atomic E-state index is 0.0811. The van der Waals surface area contributed by atoms with Crippen molar-refractivity contribution >= 4 is 22.6 Å². The Balaban J connectivity index is 2.03. The van der Waals surface area contributed by atoms with Crippen LogP contribution in [-0.2, 0) is 0 Å². The van der Waals surface area contributed by atoms with Gasteiger partial charge in [0.2, 0.25) is 5.43 Å². The van der Waals surface area contributed by atoms with Gasteiger partial charge in [-0.3, -0.25) is 4.79 Å². The fourth-order valence-corrected chi connectivity index (χ4v) is 4.13. The van der Waals surface area contributed by atoms with Crippen molar-refractivity contribution in [1.29, 1.82) is 0 Å². The van der Waals surface area contributed by atoms with Crippen molar-refractivity contribution in [1.82, 2.24) is 4.57 Å². The molecule has 2 aromatic rings. The van der Waals surface area contributed by atoms with Gasteiger partial charge in [0.1, 0.15) is 17.4 Å². The van der Waals surface area contributed by atoms with Crippen molar-refractivity contribution in [3.8, 4) is 5.75 Å². The van der Waals surface area contributed by atoms with E-state index >= 15 is 4.39 Å². The molecular weight excluding hydrogens is 384 g/mol. The highest BCUT2D eigenvalue weighted by Crippen LogP contribution is 2.46. The zero-order valence-corrected chi connectivity index (χ0v) is 16.4. The number of methoxy groups -OCH3 is 1. The number of rotatable bonds is 4. The minimum Gasteiger partial charge on any atom is -0.492 e. The van der Waals surface area contributed by atoms with Crippen LogP contribution in [0.2, 0.25) is 0 Å². The predicted molar refractivity (Wildman–Crippen MR) is 104 cm³/mol. The fourth-order valence-electron chi connectivity index (χ4n) is 4.13. The number of carboxylic acid groups (broad SMARTS) is 1. The molecule has 1 saturated carbocycles. The lowest BCUT2D eigenvalue weighted by Crippen LogP contribution is -2.43. The number of ether oxygens (including phenoxy) is 1. The molecule has 4 rings (SSSR count). The van der Waals surface area contributed by atoms with Gasteiger partial charge < -0.3 is 25.0 Å². The first kappa shape index (κ1) is 19.6. The molecule has 0 amide bonds. The summed E-state index contributed by atoms with van der Waals surface area (Å²) in [4.78, 5) is 26.0. The zero-order valence-electron chi connectivity index (χ0n) is 16.4. The lowest BCUT2D eigenvalue weighted by atomic mass is 9.92. The Morgan fingerprint density at radius 2 is 2.10 bits per heavy atom. The number of carbonyl (C=O) groups is 1. The van der Waals surface area contributed by atoms with Crippen molar-refractivity contribution in [3.63, 3.8) is 0 Å². The van der Waals surface area contributed by atoms with E-state index in [4.69, 9.17) is 10.5 Å². The number of aromatic nitrogens is 1. The average molecular weight is 407 g/mol. The third kappa shape index (κ3) is 2.95. The van der Waals surface area contributed by atoms with Crippen LogP contribution in [0.3, 0.4) is 0 Å². The van der Waals surface area contributed by atoms with Gasteiger partial charge in [0.25, 0.3) is 0 Å². The van der Waals surface area contributed by atoms with Gasteiger partial charge in [-0.2, -0.15) is 0 Å². The molecule has 2 heterocycles. The maximum Gasteiger partial charge on any atom is 0.341 e. The first-order chi connectivity index (χ1) is 13.6. The zero-order chi connectivity index (χ0) is 21.2. The summed E-state index contributed by atoms with van der Waals surface area (Å²) < 4.78 is 36.0. The number of aromatic carboxylic acids is 1. The summed E-state index contributed by atoms with van der Waals surface area (Å²) in [5, 5.41) is 9.22. The number of nitrogens with zero attached hydrogens (tertiary/aromatic N) is 2. The summed E-state index contributed by atoms with van der Waals surface area (Å²) in [6.07, 6.45) is 0.148. The largest absolute Gasteiger partial charge is 0.492 e. The van der Waals surface area contributed by atoms with Crippen molar-refractivity contribution in [2.24, 2.45) is 11.7 Å². The maximum atomic E-state index is 15.2. The van der Waals surface area contributed by atoms with Crippen LogP contribution in [-0.4, -0.2) is 47.6 Å². The van der Waals surface area contributed by atoms with Crippen molar-refractivity contribution in [3.05, 3.63) is 33.9 Å². The van der Waals surface area contributed by atoms with Gasteiger partial charge in [0.05, 0.1) is 24.1 Å². The van der Waals surface area contributed by atoms with E-state index in [0.717, 1.165) is 12.3 Å². The van der Waals surface area contributed by atoms with Gasteiger partial charge in [-0.25, -0.2) is 13.6 Å². The Labute approximate surface area is 165 Å². The molecule has 0 radical (unpaired) electrons. The third-order valence-corrected chi connectivity index (χ3v) is 6.14. The van der Waals surface area contributed by atoms with Crippen LogP contribution in [0.5, 0.6) is 5.75 Å². The summed E-state index contributed by atoms with van der Waals surface area (Å²) in [7, 11) is 1.35. The molecule has 0 bridgehead atoms. The highest BCUT2D eigenvalue weighted by atomic mass is 19.1. The second-order valence-electron chi connectivity index (χ2n) is 8.33. The standard InChI is InChI=1S/C20H23F2N3O4/c1-9-6-24(8-20(9,2)23)16-13(22)4-10-15(18(16)29-3)25(14-5-12(14)21)7-11(17(10)26)19(27)28/h4,7,9,12,14H,5-6,8,23H2,1-3H3,(H,27,28)/t9?,12-,14+,20?/m0/s1. The molecular formula is C20H23F2N3O4. The number of alkyl halides is 1. The number of nitrogens with two attached hydrogens (primary N) is 1. The molecule has 9 heteroatoms. The monoisotopic (exact) mass is 407 g/mol. The summed E-state index contributed by atoms with van der Waals surface area (Å²) in [5.41, 5.74) is 4.75. The number of hydrogen-bond acceptors (Lipinski definition) is 5. The third-order valence-electron chi connectivity index (χ3n) is 6.14. The van der Waals surface area contributed by atoms with Crippen molar-refractivity contribution < 1.29 is 23.4 Å². The molecule has 7 nitrogen and oxygen atoms in total. The van der Waals surface area contributed by atoms with Crippen LogP contribution in [0.15, 0.2) is 17.1 Å². The Morgan fingerprint density at radius 1 is 1.45 bits per heavy atom. The van der Waals surface area contributed by atoms with E-state index in [2.05, 4.69) is 0 Å². The lowest BCUT2D eigenvalue weighted by molar-refractivity contribution is 0.0694. The van der Waals surface area contributed by atoms with Gasteiger partial charge in [-0.15, -0.1) is 0 Å². The van der Waals surface area contributed by atoms with Crippen molar-refractivity contribution in [2.45, 2.75) is 38.0 Å². The van der Waals surface area contributed by atoms with Crippen molar-refractivity contribution in [2.75, 3.05) is 25.1 Å². The number of anilines is 1. The normalized spacial score (nSPS) is 28.8. The Kier molecular flexibility index (Phi) is 4.34. The second kappa shape index (κ2) is 6.41. The molecule has 2 fully saturated rings. The van der Waals surface area contributed by atoms with Gasteiger partial charge in [0, 0.05) is 31.2 Å². The quantitative estimate of drug-likeness (QED) is 0.807. The van der Waals surface area contributed by atoms with Gasteiger partial charge >= 0.3 is 5.97 Å². The SMILES string of the molecule is COc1c(N2CC(C)C(C)(N)C2)c(F)cc2c(=O)c(C(=O)O)cn([C@@H]3C[C@@H]3F)c12. The highest BCUT2D eigenvalue weighted by Gasteiger charge is 2.43. The fraction of sp³-hybridized carbons (Fsp3) is 0.500. The lowest BCUT2D eigenvalue weighted by Gasteiger charge is -2.26. The van der Waals surface area contributed by atoms with E-state index < -0.39 is 40.5 Å². The number of fused-ring (bicyclic) bond motifs is 1. The number of halogens is 2. The summed E-state index contributed by atoms with van der Waals surface area (Å²) in [5.74, 6) is -1.99. The van der Waals surface area contributed by atoms with E-state index in [0.29, 0.717) is 13.1 Å². The Bertz CT molecular complexity index is 1080. The number of benzene rings is 1. The molecule has 29 heavy (non-hydrogen) atoms. The molecule has 2 aliphatic rings. The minimum atomic E-state index is -1.45. The van der Waals surface area contributed by atoms with Gasteiger partial charge in [0.15, 0.2) is 11.6 Å². The van der Waals surface area contributed by atoms with E-state index in [9.17, 15) is 19.1 Å². The number of pyridine rings is 1. The molecule has 1 saturated heterocycles. The van der Waals surface area contributed by atoms with Crippen LogP contribution in [0.4, 0.5) is 14.5 Å². The first-order valence-corrected chi connectivity index (χ1v) is 9.43. The topological polar surface area (TPSA) is 97.8 Å². The van der Waals surface area contributed by atoms with E-state index in [-0.39, 0.29) is 34.7 Å². The number of carboxylic acids is 1. The first-order valence-electron chi connectivity index (χ1n) is 9.43. The van der Waals surface area contributed by atoms with Crippen LogP contribution in [0, 0.1) is 11.7 Å². The molecule has 1 aliphatic carbocycles. The second-order valence-corrected chi connectivity index (χ2v) is 8.33. The maximum absolute atomic E-state index is 15.2. The van der Waals surface area contributed by atoms with Crippen LogP contribution >= 0.6 is 0 Å². The molecule has 0 spiro atoms. The van der Waals surface area contributed by atoms with E-state index in [1.165, 1.54) is 11.7 Å². The van der Waals surface area contributed by atoms with Crippen LogP contribution in [0.25, 0.3) is 10.9 Å². The summed E-state index contributed by atoms with van der Waals surface area (Å²) in [6, 6.07) is 0.394.